The summed E-state index contributed by atoms with van der Waals surface area (Å²) in [5.74, 6) is 1.10. The largest absolute Gasteiger partial charge is 0.497 e. The van der Waals surface area contributed by atoms with E-state index >= 15 is 0 Å². The average Bonchev–Trinajstić information content (AvgIpc) is 3.36. The molecule has 0 aliphatic carbocycles. The number of esters is 1. The number of anilines is 1. The normalized spacial score (nSPS) is 18.8. The minimum absolute atomic E-state index is 0.180. The molecule has 6 nitrogen and oxygen atoms in total. The van der Waals surface area contributed by atoms with Gasteiger partial charge < -0.3 is 19.1 Å². The van der Waals surface area contributed by atoms with Gasteiger partial charge in [-0.25, -0.2) is 4.79 Å². The van der Waals surface area contributed by atoms with Crippen LogP contribution in [0.15, 0.2) is 42.6 Å². The van der Waals surface area contributed by atoms with E-state index in [1.165, 1.54) is 0 Å². The molecular formula is C21H26N2O4. The second-order valence-corrected chi connectivity index (χ2v) is 7.35. The van der Waals surface area contributed by atoms with E-state index in [2.05, 4.69) is 4.98 Å². The number of hydrogen-bond acceptors (Lipinski definition) is 6. The van der Waals surface area contributed by atoms with Gasteiger partial charge in [-0.3, -0.25) is 4.98 Å². The van der Waals surface area contributed by atoms with Crippen LogP contribution < -0.4 is 14.4 Å². The molecule has 1 saturated heterocycles. The second kappa shape index (κ2) is 7.47. The van der Waals surface area contributed by atoms with E-state index in [-0.39, 0.29) is 12.0 Å². The molecule has 0 N–H and O–H groups in total. The first-order valence-electron chi connectivity index (χ1n) is 9.08. The topological polar surface area (TPSA) is 60.7 Å². The van der Waals surface area contributed by atoms with Gasteiger partial charge in [0.1, 0.15) is 23.1 Å². The number of hydrogen-bond donors (Lipinski definition) is 0. The molecule has 2 atom stereocenters. The predicted molar refractivity (Wildman–Crippen MR) is 103 cm³/mol. The fourth-order valence-electron chi connectivity index (χ4n) is 3.10. The van der Waals surface area contributed by atoms with Gasteiger partial charge in [0.2, 0.25) is 0 Å². The van der Waals surface area contributed by atoms with E-state index in [0.717, 1.165) is 11.4 Å². The number of rotatable bonds is 6. The summed E-state index contributed by atoms with van der Waals surface area (Å²) in [6.45, 7) is 8.10. The standard InChI is InChI=1S/C21H26N2O4/c1-6-26-20(24)19-18(15-9-7-8-12-22-15)23(19)16-11-10-14(25-5)13-17(16)27-21(2,3)4/h7-13,18-19H,6H2,1-5H3/t18-,19-,23?/m1/s1. The monoisotopic (exact) mass is 370 g/mol. The zero-order valence-corrected chi connectivity index (χ0v) is 16.4. The summed E-state index contributed by atoms with van der Waals surface area (Å²) in [6.07, 6.45) is 1.73. The maximum atomic E-state index is 12.5. The molecule has 0 unspecified atom stereocenters. The van der Waals surface area contributed by atoms with Gasteiger partial charge in [-0.15, -0.1) is 0 Å². The molecule has 2 heterocycles. The minimum atomic E-state index is -0.421. The molecular weight excluding hydrogens is 344 g/mol. The highest BCUT2D eigenvalue weighted by Crippen LogP contribution is 2.51. The van der Waals surface area contributed by atoms with Crippen molar-refractivity contribution < 1.29 is 19.0 Å². The minimum Gasteiger partial charge on any atom is -0.497 e. The molecule has 1 aliphatic rings. The van der Waals surface area contributed by atoms with Crippen LogP contribution >= 0.6 is 0 Å². The second-order valence-electron chi connectivity index (χ2n) is 7.35. The third-order valence-electron chi connectivity index (χ3n) is 4.19. The van der Waals surface area contributed by atoms with E-state index in [9.17, 15) is 4.79 Å². The van der Waals surface area contributed by atoms with Crippen molar-refractivity contribution in [3.8, 4) is 11.5 Å². The number of aromatic nitrogens is 1. The lowest BCUT2D eigenvalue weighted by molar-refractivity contribution is -0.142. The van der Waals surface area contributed by atoms with Gasteiger partial charge in [0.25, 0.3) is 0 Å². The zero-order chi connectivity index (χ0) is 19.6. The molecule has 6 heteroatoms. The number of pyridine rings is 1. The Bertz CT molecular complexity index is 802. The van der Waals surface area contributed by atoms with Crippen LogP contribution in [0, 0.1) is 0 Å². The molecule has 144 valence electrons. The predicted octanol–water partition coefficient (Wildman–Crippen LogP) is 3.76. The summed E-state index contributed by atoms with van der Waals surface area (Å²) in [7, 11) is 1.62. The van der Waals surface area contributed by atoms with Crippen LogP contribution in [0.3, 0.4) is 0 Å². The Balaban J connectivity index is 2.00. The van der Waals surface area contributed by atoms with Gasteiger partial charge >= 0.3 is 5.97 Å². The summed E-state index contributed by atoms with van der Waals surface area (Å²) < 4.78 is 16.8. The Morgan fingerprint density at radius 2 is 2.00 bits per heavy atom. The SMILES string of the molecule is CCOC(=O)[C@H]1[C@@H](c2ccccn2)N1c1ccc(OC)cc1OC(C)(C)C. The van der Waals surface area contributed by atoms with Crippen molar-refractivity contribution in [2.24, 2.45) is 0 Å². The number of nitrogens with zero attached hydrogens (tertiary/aromatic N) is 2. The molecule has 1 aliphatic heterocycles. The summed E-state index contributed by atoms with van der Waals surface area (Å²) in [6, 6.07) is 10.7. The summed E-state index contributed by atoms with van der Waals surface area (Å²) in [5, 5.41) is 0. The van der Waals surface area contributed by atoms with E-state index in [1.807, 2.05) is 69.0 Å². The Hall–Kier alpha value is -2.76. The quantitative estimate of drug-likeness (QED) is 0.570. The maximum absolute atomic E-state index is 12.5. The first-order chi connectivity index (χ1) is 12.9. The van der Waals surface area contributed by atoms with Gasteiger partial charge in [0, 0.05) is 12.3 Å². The van der Waals surface area contributed by atoms with Gasteiger partial charge in [-0.2, -0.15) is 0 Å². The summed E-state index contributed by atoms with van der Waals surface area (Å²) in [5.41, 5.74) is 1.25. The Labute approximate surface area is 160 Å². The van der Waals surface area contributed by atoms with E-state index in [4.69, 9.17) is 14.2 Å². The van der Waals surface area contributed by atoms with E-state index in [0.29, 0.717) is 18.1 Å². The molecule has 0 amide bonds. The van der Waals surface area contributed by atoms with Crippen molar-refractivity contribution in [2.75, 3.05) is 18.6 Å². The van der Waals surface area contributed by atoms with E-state index < -0.39 is 11.6 Å². The first kappa shape index (κ1) is 19.0. The molecule has 0 bridgehead atoms. The molecule has 2 aromatic rings. The highest BCUT2D eigenvalue weighted by molar-refractivity contribution is 5.90. The Kier molecular flexibility index (Phi) is 5.26. The highest BCUT2D eigenvalue weighted by Gasteiger charge is 2.56. The van der Waals surface area contributed by atoms with Crippen LogP contribution in [0.4, 0.5) is 5.69 Å². The molecule has 1 fully saturated rings. The maximum Gasteiger partial charge on any atom is 0.331 e. The summed E-state index contributed by atoms with van der Waals surface area (Å²) >= 11 is 0. The van der Waals surface area contributed by atoms with Crippen molar-refractivity contribution in [2.45, 2.75) is 45.4 Å². The zero-order valence-electron chi connectivity index (χ0n) is 16.4. The van der Waals surface area contributed by atoms with Gasteiger partial charge in [0.05, 0.1) is 25.1 Å². The smallest absolute Gasteiger partial charge is 0.331 e. The average molecular weight is 370 g/mol. The third kappa shape index (κ3) is 4.15. The first-order valence-corrected chi connectivity index (χ1v) is 9.08. The highest BCUT2D eigenvalue weighted by atomic mass is 16.5. The molecule has 27 heavy (non-hydrogen) atoms. The fourth-order valence-corrected chi connectivity index (χ4v) is 3.10. The van der Waals surface area contributed by atoms with Gasteiger partial charge in [-0.1, -0.05) is 6.07 Å². The Morgan fingerprint density at radius 1 is 1.22 bits per heavy atom. The van der Waals surface area contributed by atoms with Crippen LogP contribution in [0.1, 0.15) is 39.4 Å². The lowest BCUT2D eigenvalue weighted by Gasteiger charge is -2.24. The van der Waals surface area contributed by atoms with Crippen LogP contribution in [0.2, 0.25) is 0 Å². The van der Waals surface area contributed by atoms with Crippen LogP contribution in [-0.4, -0.2) is 36.3 Å². The molecule has 0 spiro atoms. The molecule has 0 radical (unpaired) electrons. The molecule has 0 saturated carbocycles. The number of benzene rings is 1. The number of carbonyl (C=O) groups excluding carboxylic acids is 1. The van der Waals surface area contributed by atoms with Crippen molar-refractivity contribution in [1.82, 2.24) is 4.98 Å². The van der Waals surface area contributed by atoms with Crippen LogP contribution in [0.5, 0.6) is 11.5 Å². The fraction of sp³-hybridized carbons (Fsp3) is 0.429. The number of methoxy groups -OCH3 is 1. The lowest BCUT2D eigenvalue weighted by Crippen LogP contribution is -2.24. The third-order valence-corrected chi connectivity index (χ3v) is 4.19. The van der Waals surface area contributed by atoms with Gasteiger partial charge in [-0.05, 0) is 52.0 Å². The molecule has 3 rings (SSSR count). The lowest BCUT2D eigenvalue weighted by atomic mass is 10.2. The molecule has 1 aromatic carbocycles. The molecule has 1 aromatic heterocycles. The van der Waals surface area contributed by atoms with Crippen LogP contribution in [0.25, 0.3) is 0 Å². The van der Waals surface area contributed by atoms with Gasteiger partial charge in [0.15, 0.2) is 6.04 Å². The van der Waals surface area contributed by atoms with Crippen molar-refractivity contribution in [3.05, 3.63) is 48.3 Å². The van der Waals surface area contributed by atoms with Crippen molar-refractivity contribution >= 4 is 11.7 Å². The number of ether oxygens (including phenoxy) is 3. The van der Waals surface area contributed by atoms with Crippen molar-refractivity contribution in [1.29, 1.82) is 0 Å². The Morgan fingerprint density at radius 3 is 2.59 bits per heavy atom. The number of carbonyl (C=O) groups is 1. The van der Waals surface area contributed by atoms with E-state index in [1.54, 1.807) is 13.3 Å². The van der Waals surface area contributed by atoms with Crippen LogP contribution in [-0.2, 0) is 9.53 Å². The van der Waals surface area contributed by atoms with Crippen molar-refractivity contribution in [3.63, 3.8) is 0 Å². The summed E-state index contributed by atoms with van der Waals surface area (Å²) in [4.78, 5) is 19.0.